The van der Waals surface area contributed by atoms with Gasteiger partial charge in [-0.1, -0.05) is 0 Å². The number of aromatic nitrogens is 1. The van der Waals surface area contributed by atoms with Crippen LogP contribution in [0, 0.1) is 12.7 Å². The third-order valence-corrected chi connectivity index (χ3v) is 4.30. The summed E-state index contributed by atoms with van der Waals surface area (Å²) < 4.78 is 18.9. The maximum Gasteiger partial charge on any atom is 0.306 e. The van der Waals surface area contributed by atoms with E-state index in [-0.39, 0.29) is 31.1 Å². The molecule has 3 rings (SSSR count). The van der Waals surface area contributed by atoms with Gasteiger partial charge in [0.15, 0.2) is 0 Å². The van der Waals surface area contributed by atoms with Gasteiger partial charge in [-0.2, -0.15) is 0 Å². The number of aromatic amines is 1. The van der Waals surface area contributed by atoms with E-state index in [0.29, 0.717) is 18.5 Å². The van der Waals surface area contributed by atoms with Crippen molar-refractivity contribution in [2.45, 2.75) is 25.9 Å². The Balaban J connectivity index is 1.76. The first-order valence-corrected chi connectivity index (χ1v) is 7.82. The van der Waals surface area contributed by atoms with E-state index in [0.717, 1.165) is 16.8 Å². The van der Waals surface area contributed by atoms with Gasteiger partial charge in [0, 0.05) is 29.7 Å². The number of hydrogen-bond donors (Lipinski definition) is 2. The maximum atomic E-state index is 13.5. The molecular formula is C17H19FN2O4. The summed E-state index contributed by atoms with van der Waals surface area (Å²) in [6.07, 6.45) is -0.461. The van der Waals surface area contributed by atoms with Gasteiger partial charge in [-0.05, 0) is 30.7 Å². The fourth-order valence-electron chi connectivity index (χ4n) is 3.11. The Morgan fingerprint density at radius 2 is 2.25 bits per heavy atom. The number of carboxylic acid groups (broad SMARTS) is 1. The van der Waals surface area contributed by atoms with Crippen molar-refractivity contribution < 1.29 is 23.8 Å². The SMILES string of the molecule is Cc1[nH]c2ccc(F)cc2c1CC(=O)N1CCO[C@@H](CC(=O)O)C1. The Morgan fingerprint density at radius 1 is 1.46 bits per heavy atom. The third kappa shape index (κ3) is 3.41. The predicted octanol–water partition coefficient (Wildman–Crippen LogP) is 1.86. The maximum absolute atomic E-state index is 13.5. The van der Waals surface area contributed by atoms with Crippen molar-refractivity contribution in [1.82, 2.24) is 9.88 Å². The van der Waals surface area contributed by atoms with Crippen LogP contribution in [-0.2, 0) is 20.7 Å². The minimum Gasteiger partial charge on any atom is -0.481 e. The molecule has 2 N–H and O–H groups in total. The van der Waals surface area contributed by atoms with E-state index in [1.807, 2.05) is 6.92 Å². The average Bonchev–Trinajstić information content (AvgIpc) is 2.82. The second-order valence-corrected chi connectivity index (χ2v) is 6.03. The molecular weight excluding hydrogens is 315 g/mol. The van der Waals surface area contributed by atoms with Gasteiger partial charge in [-0.25, -0.2) is 4.39 Å². The first-order chi connectivity index (χ1) is 11.4. The van der Waals surface area contributed by atoms with Gasteiger partial charge in [0.1, 0.15) is 5.82 Å². The molecule has 1 fully saturated rings. The lowest BCUT2D eigenvalue weighted by molar-refractivity contribution is -0.147. The van der Waals surface area contributed by atoms with Gasteiger partial charge in [0.05, 0.1) is 25.6 Å². The van der Waals surface area contributed by atoms with Crippen LogP contribution in [0.2, 0.25) is 0 Å². The molecule has 0 bridgehead atoms. The molecule has 24 heavy (non-hydrogen) atoms. The van der Waals surface area contributed by atoms with Crippen LogP contribution in [0.3, 0.4) is 0 Å². The summed E-state index contributed by atoms with van der Waals surface area (Å²) in [6.45, 7) is 2.88. The number of halogens is 1. The zero-order valence-electron chi connectivity index (χ0n) is 13.3. The van der Waals surface area contributed by atoms with Crippen LogP contribution < -0.4 is 0 Å². The van der Waals surface area contributed by atoms with Crippen molar-refractivity contribution in [2.24, 2.45) is 0 Å². The monoisotopic (exact) mass is 334 g/mol. The Morgan fingerprint density at radius 3 is 3.00 bits per heavy atom. The van der Waals surface area contributed by atoms with E-state index in [2.05, 4.69) is 4.98 Å². The summed E-state index contributed by atoms with van der Waals surface area (Å²) in [4.78, 5) is 28.2. The van der Waals surface area contributed by atoms with E-state index in [9.17, 15) is 14.0 Å². The van der Waals surface area contributed by atoms with Gasteiger partial charge in [-0.15, -0.1) is 0 Å². The zero-order chi connectivity index (χ0) is 17.3. The number of carbonyl (C=O) groups is 2. The lowest BCUT2D eigenvalue weighted by Gasteiger charge is -2.32. The van der Waals surface area contributed by atoms with Gasteiger partial charge in [-0.3, -0.25) is 9.59 Å². The summed E-state index contributed by atoms with van der Waals surface area (Å²) in [5.41, 5.74) is 2.40. The lowest BCUT2D eigenvalue weighted by atomic mass is 10.1. The lowest BCUT2D eigenvalue weighted by Crippen LogP contribution is -2.46. The number of nitrogens with one attached hydrogen (secondary N) is 1. The number of H-pyrrole nitrogens is 1. The van der Waals surface area contributed by atoms with E-state index in [1.165, 1.54) is 12.1 Å². The number of rotatable bonds is 4. The molecule has 0 saturated carbocycles. The van der Waals surface area contributed by atoms with Crippen molar-refractivity contribution in [2.75, 3.05) is 19.7 Å². The molecule has 2 aromatic rings. The molecule has 1 saturated heterocycles. The molecule has 1 amide bonds. The van der Waals surface area contributed by atoms with Crippen molar-refractivity contribution in [3.05, 3.63) is 35.3 Å². The van der Waals surface area contributed by atoms with E-state index >= 15 is 0 Å². The number of morpholine rings is 1. The fourth-order valence-corrected chi connectivity index (χ4v) is 3.11. The second-order valence-electron chi connectivity index (χ2n) is 6.03. The van der Waals surface area contributed by atoms with Gasteiger partial charge >= 0.3 is 5.97 Å². The molecule has 0 aliphatic carbocycles. The van der Waals surface area contributed by atoms with Crippen molar-refractivity contribution in [3.63, 3.8) is 0 Å². The molecule has 0 spiro atoms. The molecule has 0 radical (unpaired) electrons. The van der Waals surface area contributed by atoms with Crippen LogP contribution >= 0.6 is 0 Å². The molecule has 2 heterocycles. The first kappa shape index (κ1) is 16.4. The predicted molar refractivity (Wildman–Crippen MR) is 85.3 cm³/mol. The van der Waals surface area contributed by atoms with Crippen LogP contribution in [0.25, 0.3) is 10.9 Å². The highest BCUT2D eigenvalue weighted by Gasteiger charge is 2.26. The number of nitrogens with zero attached hydrogens (tertiary/aromatic N) is 1. The summed E-state index contributed by atoms with van der Waals surface area (Å²) in [5.74, 6) is -1.40. The Bertz CT molecular complexity index is 786. The highest BCUT2D eigenvalue weighted by atomic mass is 19.1. The highest BCUT2D eigenvalue weighted by molar-refractivity contribution is 5.90. The number of aliphatic carboxylic acids is 1. The van der Waals surface area contributed by atoms with Crippen LogP contribution in [0.5, 0.6) is 0 Å². The highest BCUT2D eigenvalue weighted by Crippen LogP contribution is 2.24. The largest absolute Gasteiger partial charge is 0.481 e. The summed E-state index contributed by atoms with van der Waals surface area (Å²) in [7, 11) is 0. The van der Waals surface area contributed by atoms with E-state index < -0.39 is 12.1 Å². The molecule has 0 unspecified atom stereocenters. The molecule has 1 atom stereocenters. The van der Waals surface area contributed by atoms with Gasteiger partial charge in [0.2, 0.25) is 5.91 Å². The number of ether oxygens (including phenoxy) is 1. The zero-order valence-corrected chi connectivity index (χ0v) is 13.3. The standard InChI is InChI=1S/C17H19FN2O4/c1-10-13(14-6-11(18)2-3-15(14)19-10)8-16(21)20-4-5-24-12(9-20)7-17(22)23/h2-3,6,12,19H,4-5,7-9H2,1H3,(H,22,23)/t12-/m0/s1. The van der Waals surface area contributed by atoms with Gasteiger partial charge < -0.3 is 19.7 Å². The quantitative estimate of drug-likeness (QED) is 0.894. The molecule has 7 heteroatoms. The topological polar surface area (TPSA) is 82.6 Å². The third-order valence-electron chi connectivity index (χ3n) is 4.30. The van der Waals surface area contributed by atoms with E-state index in [1.54, 1.807) is 11.0 Å². The number of carbonyl (C=O) groups excluding carboxylic acids is 1. The first-order valence-electron chi connectivity index (χ1n) is 7.82. The number of amides is 1. The molecule has 128 valence electrons. The van der Waals surface area contributed by atoms with Crippen molar-refractivity contribution >= 4 is 22.8 Å². The summed E-state index contributed by atoms with van der Waals surface area (Å²) >= 11 is 0. The summed E-state index contributed by atoms with van der Waals surface area (Å²) in [6, 6.07) is 4.46. The number of hydrogen-bond acceptors (Lipinski definition) is 3. The Hall–Kier alpha value is -2.41. The minimum absolute atomic E-state index is 0.109. The van der Waals surface area contributed by atoms with E-state index in [4.69, 9.17) is 9.84 Å². The van der Waals surface area contributed by atoms with Crippen LogP contribution in [0.15, 0.2) is 18.2 Å². The van der Waals surface area contributed by atoms with Crippen molar-refractivity contribution in [3.8, 4) is 0 Å². The van der Waals surface area contributed by atoms with Crippen molar-refractivity contribution in [1.29, 1.82) is 0 Å². The van der Waals surface area contributed by atoms with Crippen LogP contribution in [-0.4, -0.2) is 52.7 Å². The van der Waals surface area contributed by atoms with Crippen LogP contribution in [0.4, 0.5) is 4.39 Å². The number of carboxylic acids is 1. The molecule has 1 aliphatic heterocycles. The smallest absolute Gasteiger partial charge is 0.306 e. The number of benzene rings is 1. The van der Waals surface area contributed by atoms with Gasteiger partial charge in [0.25, 0.3) is 0 Å². The fraction of sp³-hybridized carbons (Fsp3) is 0.412. The Kier molecular flexibility index (Phi) is 4.53. The average molecular weight is 334 g/mol. The second kappa shape index (κ2) is 6.60. The Labute approximate surface area is 138 Å². The summed E-state index contributed by atoms with van der Waals surface area (Å²) in [5, 5.41) is 9.56. The normalized spacial score (nSPS) is 18.1. The molecule has 1 aliphatic rings. The van der Waals surface area contributed by atoms with Crippen LogP contribution in [0.1, 0.15) is 17.7 Å². The molecule has 6 nitrogen and oxygen atoms in total. The molecule has 1 aromatic carbocycles. The number of fused-ring (bicyclic) bond motifs is 1. The number of aryl methyl sites for hydroxylation is 1. The molecule has 1 aromatic heterocycles. The minimum atomic E-state index is -0.947.